The van der Waals surface area contributed by atoms with E-state index in [2.05, 4.69) is 11.8 Å². The first kappa shape index (κ1) is 13.7. The van der Waals surface area contributed by atoms with Crippen molar-refractivity contribution < 1.29 is 9.84 Å². The Morgan fingerprint density at radius 3 is 2.94 bits per heavy atom. The lowest BCUT2D eigenvalue weighted by Crippen LogP contribution is -2.41. The van der Waals surface area contributed by atoms with E-state index in [1.165, 1.54) is 0 Å². The Bertz CT molecular complexity index is 411. The molecular weight excluding hydrogens is 250 g/mol. The summed E-state index contributed by atoms with van der Waals surface area (Å²) in [5, 5.41) is 10.5. The van der Waals surface area contributed by atoms with Crippen LogP contribution < -0.4 is 4.74 Å². The Balaban J connectivity index is 2.07. The molecule has 1 fully saturated rings. The van der Waals surface area contributed by atoms with Gasteiger partial charge in [-0.2, -0.15) is 0 Å². The molecule has 0 amide bonds. The SMILES string of the molecule is COc1ccc(Cl)cc1CN1CCC(O)C(C)C1. The lowest BCUT2D eigenvalue weighted by molar-refractivity contribution is 0.0318. The summed E-state index contributed by atoms with van der Waals surface area (Å²) >= 11 is 6.03. The Labute approximate surface area is 113 Å². The number of ether oxygens (including phenoxy) is 1. The largest absolute Gasteiger partial charge is 0.496 e. The van der Waals surface area contributed by atoms with E-state index in [4.69, 9.17) is 16.3 Å². The van der Waals surface area contributed by atoms with Crippen molar-refractivity contribution in [2.45, 2.75) is 26.0 Å². The van der Waals surface area contributed by atoms with Crippen molar-refractivity contribution in [3.05, 3.63) is 28.8 Å². The number of aliphatic hydroxyl groups excluding tert-OH is 1. The number of aliphatic hydroxyl groups is 1. The van der Waals surface area contributed by atoms with Gasteiger partial charge in [0.1, 0.15) is 5.75 Å². The lowest BCUT2D eigenvalue weighted by Gasteiger charge is -2.34. The molecule has 1 aromatic carbocycles. The zero-order valence-corrected chi connectivity index (χ0v) is 11.7. The zero-order valence-electron chi connectivity index (χ0n) is 10.9. The molecular formula is C14H20ClNO2. The molecule has 2 atom stereocenters. The fraction of sp³-hybridized carbons (Fsp3) is 0.571. The van der Waals surface area contributed by atoms with E-state index in [0.717, 1.165) is 42.4 Å². The summed E-state index contributed by atoms with van der Waals surface area (Å²) in [7, 11) is 1.68. The van der Waals surface area contributed by atoms with Crippen LogP contribution in [0.1, 0.15) is 18.9 Å². The number of piperidine rings is 1. The highest BCUT2D eigenvalue weighted by Gasteiger charge is 2.24. The van der Waals surface area contributed by atoms with Crippen LogP contribution in [0.4, 0.5) is 0 Å². The van der Waals surface area contributed by atoms with Crippen molar-refractivity contribution >= 4 is 11.6 Å². The topological polar surface area (TPSA) is 32.7 Å². The summed E-state index contributed by atoms with van der Waals surface area (Å²) in [4.78, 5) is 2.34. The molecule has 0 bridgehead atoms. The average molecular weight is 270 g/mol. The summed E-state index contributed by atoms with van der Waals surface area (Å²) in [6.45, 7) is 4.74. The first-order valence-corrected chi connectivity index (χ1v) is 6.70. The number of hydrogen-bond acceptors (Lipinski definition) is 3. The number of likely N-dealkylation sites (tertiary alicyclic amines) is 1. The summed E-state index contributed by atoms with van der Waals surface area (Å²) in [6.07, 6.45) is 0.673. The van der Waals surface area contributed by atoms with Crippen LogP contribution in [0.5, 0.6) is 5.75 Å². The van der Waals surface area contributed by atoms with Gasteiger partial charge < -0.3 is 9.84 Å². The van der Waals surface area contributed by atoms with Crippen LogP contribution in [0.25, 0.3) is 0 Å². The smallest absolute Gasteiger partial charge is 0.123 e. The maximum absolute atomic E-state index is 9.73. The number of benzene rings is 1. The fourth-order valence-electron chi connectivity index (χ4n) is 2.47. The van der Waals surface area contributed by atoms with Crippen molar-refractivity contribution in [2.75, 3.05) is 20.2 Å². The van der Waals surface area contributed by atoms with Crippen LogP contribution in [0, 0.1) is 5.92 Å². The van der Waals surface area contributed by atoms with E-state index in [1.54, 1.807) is 7.11 Å². The lowest BCUT2D eigenvalue weighted by atomic mass is 9.96. The van der Waals surface area contributed by atoms with Gasteiger partial charge in [0.15, 0.2) is 0 Å². The molecule has 2 unspecified atom stereocenters. The number of methoxy groups -OCH3 is 1. The zero-order chi connectivity index (χ0) is 13.1. The average Bonchev–Trinajstić information content (AvgIpc) is 2.34. The van der Waals surface area contributed by atoms with Crippen molar-refractivity contribution in [3.63, 3.8) is 0 Å². The van der Waals surface area contributed by atoms with Gasteiger partial charge in [-0.15, -0.1) is 0 Å². The van der Waals surface area contributed by atoms with Gasteiger partial charge in [-0.1, -0.05) is 18.5 Å². The van der Waals surface area contributed by atoms with Gasteiger partial charge >= 0.3 is 0 Å². The highest BCUT2D eigenvalue weighted by molar-refractivity contribution is 6.30. The molecule has 18 heavy (non-hydrogen) atoms. The van der Waals surface area contributed by atoms with E-state index >= 15 is 0 Å². The third kappa shape index (κ3) is 3.16. The molecule has 1 aliphatic heterocycles. The maximum Gasteiger partial charge on any atom is 0.123 e. The van der Waals surface area contributed by atoms with Crippen LogP contribution in [-0.4, -0.2) is 36.3 Å². The molecule has 4 heteroatoms. The summed E-state index contributed by atoms with van der Waals surface area (Å²) < 4.78 is 5.36. The van der Waals surface area contributed by atoms with Crippen LogP contribution in [0.3, 0.4) is 0 Å². The van der Waals surface area contributed by atoms with Crippen molar-refractivity contribution in [3.8, 4) is 5.75 Å². The van der Waals surface area contributed by atoms with Crippen molar-refractivity contribution in [2.24, 2.45) is 5.92 Å². The number of hydrogen-bond donors (Lipinski definition) is 1. The molecule has 1 aromatic rings. The molecule has 1 aliphatic rings. The molecule has 3 nitrogen and oxygen atoms in total. The van der Waals surface area contributed by atoms with E-state index in [9.17, 15) is 5.11 Å². The highest BCUT2D eigenvalue weighted by Crippen LogP contribution is 2.26. The van der Waals surface area contributed by atoms with Gasteiger partial charge in [-0.25, -0.2) is 0 Å². The van der Waals surface area contributed by atoms with E-state index in [1.807, 2.05) is 18.2 Å². The third-order valence-corrected chi connectivity index (χ3v) is 3.82. The molecule has 0 saturated carbocycles. The van der Waals surface area contributed by atoms with E-state index in [0.29, 0.717) is 5.92 Å². The fourth-order valence-corrected chi connectivity index (χ4v) is 2.67. The first-order valence-electron chi connectivity index (χ1n) is 6.33. The molecule has 0 aliphatic carbocycles. The number of halogens is 1. The van der Waals surface area contributed by atoms with Gasteiger partial charge in [0.05, 0.1) is 13.2 Å². The molecule has 1 saturated heterocycles. The Hall–Kier alpha value is -0.770. The monoisotopic (exact) mass is 269 g/mol. The van der Waals surface area contributed by atoms with Gasteiger partial charge in [0.25, 0.3) is 0 Å². The quantitative estimate of drug-likeness (QED) is 0.915. The highest BCUT2D eigenvalue weighted by atomic mass is 35.5. The van der Waals surface area contributed by atoms with Gasteiger partial charge in [0, 0.05) is 30.2 Å². The second-order valence-corrected chi connectivity index (χ2v) is 5.46. The van der Waals surface area contributed by atoms with Crippen molar-refractivity contribution in [1.82, 2.24) is 4.90 Å². The van der Waals surface area contributed by atoms with Gasteiger partial charge in [-0.3, -0.25) is 4.90 Å². The normalized spacial score (nSPS) is 25.1. The van der Waals surface area contributed by atoms with Crippen LogP contribution in [0.2, 0.25) is 5.02 Å². The van der Waals surface area contributed by atoms with E-state index < -0.39 is 0 Å². The first-order chi connectivity index (χ1) is 8.60. The summed E-state index contributed by atoms with van der Waals surface area (Å²) in [5.41, 5.74) is 1.11. The number of rotatable bonds is 3. The third-order valence-electron chi connectivity index (χ3n) is 3.58. The Morgan fingerprint density at radius 2 is 2.28 bits per heavy atom. The molecule has 100 valence electrons. The Kier molecular flexibility index (Phi) is 4.49. The molecule has 1 N–H and O–H groups in total. The molecule has 0 radical (unpaired) electrons. The van der Waals surface area contributed by atoms with Gasteiger partial charge in [0.2, 0.25) is 0 Å². The molecule has 1 heterocycles. The molecule has 0 spiro atoms. The van der Waals surface area contributed by atoms with Crippen LogP contribution in [0.15, 0.2) is 18.2 Å². The second-order valence-electron chi connectivity index (χ2n) is 5.02. The number of nitrogens with zero attached hydrogens (tertiary/aromatic N) is 1. The molecule has 2 rings (SSSR count). The minimum Gasteiger partial charge on any atom is -0.496 e. The standard InChI is InChI=1S/C14H20ClNO2/c1-10-8-16(6-5-13(10)17)9-11-7-12(15)3-4-14(11)18-2/h3-4,7,10,13,17H,5-6,8-9H2,1-2H3. The van der Waals surface area contributed by atoms with Crippen molar-refractivity contribution in [1.29, 1.82) is 0 Å². The maximum atomic E-state index is 9.73. The predicted octanol–water partition coefficient (Wildman–Crippen LogP) is 2.55. The Morgan fingerprint density at radius 1 is 1.50 bits per heavy atom. The van der Waals surface area contributed by atoms with Gasteiger partial charge in [-0.05, 0) is 30.5 Å². The minimum atomic E-state index is -0.164. The molecule has 0 aromatic heterocycles. The summed E-state index contributed by atoms with van der Waals surface area (Å²) in [6, 6.07) is 5.70. The minimum absolute atomic E-state index is 0.164. The van der Waals surface area contributed by atoms with Crippen LogP contribution >= 0.6 is 11.6 Å². The predicted molar refractivity (Wildman–Crippen MR) is 73.1 cm³/mol. The summed E-state index contributed by atoms with van der Waals surface area (Å²) in [5.74, 6) is 1.20. The second kappa shape index (κ2) is 5.91. The van der Waals surface area contributed by atoms with Crippen LogP contribution in [-0.2, 0) is 6.54 Å². The van der Waals surface area contributed by atoms with E-state index in [-0.39, 0.29) is 6.10 Å².